The van der Waals surface area contributed by atoms with Crippen molar-refractivity contribution < 1.29 is 4.79 Å². The SMILES string of the molecule is CCc1ccc(N)cc1C(=O)NCC1CC1. The van der Waals surface area contributed by atoms with Gasteiger partial charge < -0.3 is 11.1 Å². The molecule has 3 N–H and O–H groups in total. The molecule has 1 aliphatic rings. The van der Waals surface area contributed by atoms with Gasteiger partial charge in [0.1, 0.15) is 0 Å². The van der Waals surface area contributed by atoms with E-state index in [2.05, 4.69) is 5.32 Å². The molecule has 86 valence electrons. The van der Waals surface area contributed by atoms with Crippen molar-refractivity contribution in [2.24, 2.45) is 5.92 Å². The van der Waals surface area contributed by atoms with Gasteiger partial charge in [0, 0.05) is 17.8 Å². The Labute approximate surface area is 96.0 Å². The third kappa shape index (κ3) is 2.54. The highest BCUT2D eigenvalue weighted by Gasteiger charge is 2.22. The number of carbonyl (C=O) groups excluding carboxylic acids is 1. The van der Waals surface area contributed by atoms with Gasteiger partial charge >= 0.3 is 0 Å². The Morgan fingerprint density at radius 2 is 2.25 bits per heavy atom. The Hall–Kier alpha value is -1.51. The highest BCUT2D eigenvalue weighted by atomic mass is 16.1. The molecule has 1 amide bonds. The number of nitrogen functional groups attached to an aromatic ring is 1. The topological polar surface area (TPSA) is 55.1 Å². The zero-order chi connectivity index (χ0) is 11.5. The zero-order valence-corrected chi connectivity index (χ0v) is 9.62. The Bertz CT molecular complexity index is 397. The minimum absolute atomic E-state index is 0.0102. The number of anilines is 1. The van der Waals surface area contributed by atoms with Crippen molar-refractivity contribution in [2.75, 3.05) is 12.3 Å². The maximum absolute atomic E-state index is 11.9. The van der Waals surface area contributed by atoms with Gasteiger partial charge in [0.2, 0.25) is 0 Å². The van der Waals surface area contributed by atoms with E-state index in [4.69, 9.17) is 5.73 Å². The Morgan fingerprint density at radius 3 is 2.88 bits per heavy atom. The Balaban J connectivity index is 2.09. The van der Waals surface area contributed by atoms with Crippen LogP contribution in [0.1, 0.15) is 35.7 Å². The minimum Gasteiger partial charge on any atom is -0.399 e. The van der Waals surface area contributed by atoms with Crippen LogP contribution in [0.2, 0.25) is 0 Å². The third-order valence-electron chi connectivity index (χ3n) is 3.01. The minimum atomic E-state index is 0.0102. The van der Waals surface area contributed by atoms with Crippen LogP contribution >= 0.6 is 0 Å². The maximum atomic E-state index is 11.9. The molecule has 0 unspecified atom stereocenters. The van der Waals surface area contributed by atoms with Crippen molar-refractivity contribution in [3.8, 4) is 0 Å². The summed E-state index contributed by atoms with van der Waals surface area (Å²) in [4.78, 5) is 11.9. The molecule has 2 rings (SSSR count). The molecule has 16 heavy (non-hydrogen) atoms. The summed E-state index contributed by atoms with van der Waals surface area (Å²) in [5.41, 5.74) is 8.14. The lowest BCUT2D eigenvalue weighted by Crippen LogP contribution is -2.26. The molecule has 1 aromatic carbocycles. The first-order chi connectivity index (χ1) is 7.70. The number of nitrogens with one attached hydrogen (secondary N) is 1. The van der Waals surface area contributed by atoms with Crippen LogP contribution in [0.25, 0.3) is 0 Å². The molecule has 0 bridgehead atoms. The number of carbonyl (C=O) groups is 1. The first-order valence-corrected chi connectivity index (χ1v) is 5.87. The smallest absolute Gasteiger partial charge is 0.251 e. The molecule has 0 saturated heterocycles. The van der Waals surface area contributed by atoms with Gasteiger partial charge in [-0.25, -0.2) is 0 Å². The monoisotopic (exact) mass is 218 g/mol. The van der Waals surface area contributed by atoms with Crippen LogP contribution in [0.15, 0.2) is 18.2 Å². The van der Waals surface area contributed by atoms with Crippen LogP contribution in [-0.4, -0.2) is 12.5 Å². The fourth-order valence-corrected chi connectivity index (χ4v) is 1.77. The van der Waals surface area contributed by atoms with Crippen LogP contribution in [0, 0.1) is 5.92 Å². The number of aryl methyl sites for hydroxylation is 1. The second-order valence-corrected chi connectivity index (χ2v) is 4.42. The lowest BCUT2D eigenvalue weighted by atomic mass is 10.0. The summed E-state index contributed by atoms with van der Waals surface area (Å²) >= 11 is 0. The number of nitrogens with two attached hydrogens (primary N) is 1. The van der Waals surface area contributed by atoms with Crippen LogP contribution in [0.5, 0.6) is 0 Å². The van der Waals surface area contributed by atoms with Crippen molar-refractivity contribution >= 4 is 11.6 Å². The van der Waals surface area contributed by atoms with E-state index < -0.39 is 0 Å². The number of amides is 1. The fraction of sp³-hybridized carbons (Fsp3) is 0.462. The molecule has 0 spiro atoms. The van der Waals surface area contributed by atoms with Crippen molar-refractivity contribution in [1.29, 1.82) is 0 Å². The van der Waals surface area contributed by atoms with Crippen LogP contribution in [0.4, 0.5) is 5.69 Å². The van der Waals surface area contributed by atoms with E-state index in [1.54, 1.807) is 6.07 Å². The summed E-state index contributed by atoms with van der Waals surface area (Å²) in [6.07, 6.45) is 3.35. The van der Waals surface area contributed by atoms with Gasteiger partial charge in [0.25, 0.3) is 5.91 Å². The van der Waals surface area contributed by atoms with Crippen LogP contribution in [0.3, 0.4) is 0 Å². The average Bonchev–Trinajstić information content (AvgIpc) is 3.09. The first-order valence-electron chi connectivity index (χ1n) is 5.87. The normalized spacial score (nSPS) is 14.8. The molecular weight excluding hydrogens is 200 g/mol. The molecule has 1 aliphatic carbocycles. The van der Waals surface area contributed by atoms with Gasteiger partial charge in [-0.3, -0.25) is 4.79 Å². The van der Waals surface area contributed by atoms with E-state index in [-0.39, 0.29) is 5.91 Å². The third-order valence-corrected chi connectivity index (χ3v) is 3.01. The second-order valence-electron chi connectivity index (χ2n) is 4.42. The van der Waals surface area contributed by atoms with E-state index in [1.165, 1.54) is 12.8 Å². The van der Waals surface area contributed by atoms with E-state index >= 15 is 0 Å². The standard InChI is InChI=1S/C13H18N2O/c1-2-10-5-6-11(14)7-12(10)13(16)15-8-9-3-4-9/h5-7,9H,2-4,8,14H2,1H3,(H,15,16). The van der Waals surface area contributed by atoms with E-state index in [0.717, 1.165) is 24.1 Å². The average molecular weight is 218 g/mol. The van der Waals surface area contributed by atoms with E-state index in [0.29, 0.717) is 11.6 Å². The maximum Gasteiger partial charge on any atom is 0.251 e. The van der Waals surface area contributed by atoms with Crippen LogP contribution < -0.4 is 11.1 Å². The summed E-state index contributed by atoms with van der Waals surface area (Å²) in [5.74, 6) is 0.714. The van der Waals surface area contributed by atoms with Gasteiger partial charge in [-0.2, -0.15) is 0 Å². The molecule has 0 radical (unpaired) electrons. The number of rotatable bonds is 4. The predicted octanol–water partition coefficient (Wildman–Crippen LogP) is 1.97. The molecule has 1 fully saturated rings. The zero-order valence-electron chi connectivity index (χ0n) is 9.62. The fourth-order valence-electron chi connectivity index (χ4n) is 1.77. The summed E-state index contributed by atoms with van der Waals surface area (Å²) in [7, 11) is 0. The lowest BCUT2D eigenvalue weighted by molar-refractivity contribution is 0.0951. The predicted molar refractivity (Wildman–Crippen MR) is 65.3 cm³/mol. The van der Waals surface area contributed by atoms with Gasteiger partial charge in [-0.05, 0) is 42.9 Å². The van der Waals surface area contributed by atoms with Crippen molar-refractivity contribution in [3.63, 3.8) is 0 Å². The molecule has 0 aromatic heterocycles. The summed E-state index contributed by atoms with van der Waals surface area (Å²) in [6, 6.07) is 5.54. The van der Waals surface area contributed by atoms with E-state index in [1.807, 2.05) is 19.1 Å². The summed E-state index contributed by atoms with van der Waals surface area (Å²) in [5, 5.41) is 2.97. The van der Waals surface area contributed by atoms with Crippen molar-refractivity contribution in [1.82, 2.24) is 5.32 Å². The Morgan fingerprint density at radius 1 is 1.50 bits per heavy atom. The molecule has 0 heterocycles. The quantitative estimate of drug-likeness (QED) is 0.759. The molecular formula is C13H18N2O. The van der Waals surface area contributed by atoms with Crippen molar-refractivity contribution in [3.05, 3.63) is 29.3 Å². The van der Waals surface area contributed by atoms with Crippen LogP contribution in [-0.2, 0) is 6.42 Å². The molecule has 0 aliphatic heterocycles. The summed E-state index contributed by atoms with van der Waals surface area (Å²) in [6.45, 7) is 2.85. The Kier molecular flexibility index (Phi) is 3.13. The summed E-state index contributed by atoms with van der Waals surface area (Å²) < 4.78 is 0. The van der Waals surface area contributed by atoms with Gasteiger partial charge in [-0.1, -0.05) is 13.0 Å². The lowest BCUT2D eigenvalue weighted by Gasteiger charge is -2.09. The first kappa shape index (κ1) is 11.0. The van der Waals surface area contributed by atoms with Gasteiger partial charge in [-0.15, -0.1) is 0 Å². The largest absolute Gasteiger partial charge is 0.399 e. The molecule has 1 saturated carbocycles. The van der Waals surface area contributed by atoms with Gasteiger partial charge in [0.05, 0.1) is 0 Å². The van der Waals surface area contributed by atoms with E-state index in [9.17, 15) is 4.79 Å². The highest BCUT2D eigenvalue weighted by molar-refractivity contribution is 5.96. The number of hydrogen-bond donors (Lipinski definition) is 2. The molecule has 3 heteroatoms. The number of hydrogen-bond acceptors (Lipinski definition) is 2. The van der Waals surface area contributed by atoms with Crippen molar-refractivity contribution in [2.45, 2.75) is 26.2 Å². The highest BCUT2D eigenvalue weighted by Crippen LogP contribution is 2.27. The van der Waals surface area contributed by atoms with Gasteiger partial charge in [0.15, 0.2) is 0 Å². The molecule has 1 aromatic rings. The molecule has 0 atom stereocenters. The number of benzene rings is 1. The second kappa shape index (κ2) is 4.56. The molecule has 3 nitrogen and oxygen atoms in total.